The van der Waals surface area contributed by atoms with Crippen molar-refractivity contribution in [3.05, 3.63) is 57.3 Å². The lowest BCUT2D eigenvalue weighted by Crippen LogP contribution is -2.16. The topological polar surface area (TPSA) is 34.4 Å². The van der Waals surface area contributed by atoms with E-state index in [4.69, 9.17) is 23.2 Å². The van der Waals surface area contributed by atoms with E-state index < -0.39 is 0 Å². The molecule has 1 aromatic heterocycles. The molecule has 3 aromatic rings. The summed E-state index contributed by atoms with van der Waals surface area (Å²) in [6, 6.07) is 13.4. The first kappa shape index (κ1) is 19.5. The predicted octanol–water partition coefficient (Wildman–Crippen LogP) is 6.03. The van der Waals surface area contributed by atoms with Gasteiger partial charge in [-0.15, -0.1) is 11.8 Å². The number of amides is 1. The molecule has 26 heavy (non-hydrogen) atoms. The molecule has 136 valence electrons. The average molecular weight is 425 g/mol. The van der Waals surface area contributed by atoms with Crippen LogP contribution < -0.4 is 4.80 Å². The Labute approximate surface area is 170 Å². The minimum atomic E-state index is -0.103. The highest BCUT2D eigenvalue weighted by Crippen LogP contribution is 2.23. The number of hydrogen-bond acceptors (Lipinski definition) is 3. The van der Waals surface area contributed by atoms with E-state index in [1.807, 2.05) is 42.5 Å². The van der Waals surface area contributed by atoms with Gasteiger partial charge < -0.3 is 4.57 Å². The Balaban J connectivity index is 1.74. The van der Waals surface area contributed by atoms with Crippen molar-refractivity contribution in [1.29, 1.82) is 0 Å². The summed E-state index contributed by atoms with van der Waals surface area (Å²) in [6.07, 6.45) is 1.37. The molecule has 3 rings (SSSR count). The van der Waals surface area contributed by atoms with E-state index in [1.165, 1.54) is 11.3 Å². The fourth-order valence-corrected chi connectivity index (χ4v) is 4.84. The van der Waals surface area contributed by atoms with Crippen LogP contribution in [-0.4, -0.2) is 16.2 Å². The predicted molar refractivity (Wildman–Crippen MR) is 112 cm³/mol. The third-order valence-corrected chi connectivity index (χ3v) is 6.25. The van der Waals surface area contributed by atoms with Gasteiger partial charge in [0.1, 0.15) is 0 Å². The summed E-state index contributed by atoms with van der Waals surface area (Å²) < 4.78 is 3.15. The molecule has 0 aliphatic rings. The summed E-state index contributed by atoms with van der Waals surface area (Å²) in [6.45, 7) is 2.94. The lowest BCUT2D eigenvalue weighted by Gasteiger charge is -2.02. The van der Waals surface area contributed by atoms with Crippen LogP contribution in [0.15, 0.2) is 52.4 Å². The van der Waals surface area contributed by atoms with Gasteiger partial charge in [-0.2, -0.15) is 4.99 Å². The van der Waals surface area contributed by atoms with Crippen LogP contribution in [0.4, 0.5) is 0 Å². The zero-order chi connectivity index (χ0) is 18.5. The molecule has 1 amide bonds. The van der Waals surface area contributed by atoms with E-state index in [9.17, 15) is 4.79 Å². The Hall–Kier alpha value is -1.27. The second kappa shape index (κ2) is 9.09. The summed E-state index contributed by atoms with van der Waals surface area (Å²) in [5.41, 5.74) is 1.07. The first-order valence-electron chi connectivity index (χ1n) is 8.31. The fourth-order valence-electron chi connectivity index (χ4n) is 2.52. The molecule has 3 nitrogen and oxygen atoms in total. The maximum atomic E-state index is 12.3. The first-order valence-corrected chi connectivity index (χ1v) is 10.9. The number of carbonyl (C=O) groups is 1. The maximum absolute atomic E-state index is 12.3. The summed E-state index contributed by atoms with van der Waals surface area (Å²) >= 11 is 15.1. The quantitative estimate of drug-likeness (QED) is 0.452. The summed E-state index contributed by atoms with van der Waals surface area (Å²) in [5, 5.41) is 1.41. The van der Waals surface area contributed by atoms with Crippen LogP contribution in [-0.2, 0) is 11.3 Å². The molecule has 0 atom stereocenters. The minimum absolute atomic E-state index is 0.103. The third-order valence-electron chi connectivity index (χ3n) is 3.71. The van der Waals surface area contributed by atoms with Gasteiger partial charge in [-0.3, -0.25) is 4.79 Å². The third kappa shape index (κ3) is 4.92. The number of aromatic nitrogens is 1. The van der Waals surface area contributed by atoms with Gasteiger partial charge in [0.05, 0.1) is 10.2 Å². The molecule has 7 heteroatoms. The normalized spacial score (nSPS) is 12.0. The number of benzene rings is 2. The van der Waals surface area contributed by atoms with Gasteiger partial charge in [0, 0.05) is 33.7 Å². The van der Waals surface area contributed by atoms with Crippen LogP contribution in [0.2, 0.25) is 10.0 Å². The van der Waals surface area contributed by atoms with E-state index in [0.717, 1.165) is 32.9 Å². The monoisotopic (exact) mass is 424 g/mol. The maximum Gasteiger partial charge on any atom is 0.249 e. The number of fused-ring (bicyclic) bond motifs is 1. The Bertz CT molecular complexity index is 977. The van der Waals surface area contributed by atoms with Gasteiger partial charge in [-0.25, -0.2) is 0 Å². The Morgan fingerprint density at radius 2 is 1.88 bits per heavy atom. The van der Waals surface area contributed by atoms with E-state index in [-0.39, 0.29) is 5.91 Å². The molecule has 0 bridgehead atoms. The van der Waals surface area contributed by atoms with Gasteiger partial charge in [-0.05, 0) is 48.9 Å². The van der Waals surface area contributed by atoms with Crippen molar-refractivity contribution in [2.24, 2.45) is 4.99 Å². The average Bonchev–Trinajstić information content (AvgIpc) is 2.93. The van der Waals surface area contributed by atoms with E-state index in [0.29, 0.717) is 22.2 Å². The minimum Gasteiger partial charge on any atom is -0.316 e. The van der Waals surface area contributed by atoms with E-state index in [2.05, 4.69) is 16.5 Å². The Kier molecular flexibility index (Phi) is 6.81. The number of hydrogen-bond donors (Lipinski definition) is 0. The fraction of sp³-hybridized carbons (Fsp3) is 0.263. The van der Waals surface area contributed by atoms with Crippen LogP contribution >= 0.6 is 46.3 Å². The van der Waals surface area contributed by atoms with Gasteiger partial charge in [0.25, 0.3) is 0 Å². The molecule has 0 fully saturated rings. The van der Waals surface area contributed by atoms with Crippen LogP contribution in [0.25, 0.3) is 10.2 Å². The number of aryl methyl sites for hydroxylation is 1. The van der Waals surface area contributed by atoms with Crippen LogP contribution in [0.5, 0.6) is 0 Å². The number of thioether (sulfide) groups is 1. The molecule has 0 saturated heterocycles. The zero-order valence-corrected chi connectivity index (χ0v) is 17.4. The smallest absolute Gasteiger partial charge is 0.249 e. The molecule has 0 saturated carbocycles. The Morgan fingerprint density at radius 3 is 2.62 bits per heavy atom. The molecule has 1 heterocycles. The highest BCUT2D eigenvalue weighted by molar-refractivity contribution is 7.99. The number of carbonyl (C=O) groups excluding carboxylic acids is 1. The molecular weight excluding hydrogens is 407 g/mol. The van der Waals surface area contributed by atoms with Gasteiger partial charge >= 0.3 is 0 Å². The highest BCUT2D eigenvalue weighted by atomic mass is 35.5. The van der Waals surface area contributed by atoms with Crippen LogP contribution in [0.1, 0.15) is 19.8 Å². The molecule has 0 radical (unpaired) electrons. The molecule has 0 unspecified atom stereocenters. The van der Waals surface area contributed by atoms with Gasteiger partial charge in [0.15, 0.2) is 4.80 Å². The van der Waals surface area contributed by atoms with Crippen molar-refractivity contribution in [3.8, 4) is 0 Å². The van der Waals surface area contributed by atoms with Gasteiger partial charge in [-0.1, -0.05) is 41.5 Å². The molecule has 0 spiro atoms. The second-order valence-electron chi connectivity index (χ2n) is 5.71. The first-order chi connectivity index (χ1) is 12.6. The second-order valence-corrected chi connectivity index (χ2v) is 8.76. The number of rotatable bonds is 6. The van der Waals surface area contributed by atoms with Crippen LogP contribution in [0, 0.1) is 0 Å². The molecule has 0 aliphatic carbocycles. The van der Waals surface area contributed by atoms with Crippen molar-refractivity contribution in [2.75, 3.05) is 5.75 Å². The van der Waals surface area contributed by atoms with Crippen molar-refractivity contribution in [1.82, 2.24) is 4.57 Å². The SMILES string of the molecule is CCCn1c(=NC(=O)CCSc2ccc(Cl)cc2)sc2cc(Cl)ccc21. The summed E-state index contributed by atoms with van der Waals surface area (Å²) in [5.74, 6) is 0.586. The lowest BCUT2D eigenvalue weighted by atomic mass is 10.3. The Morgan fingerprint density at radius 1 is 1.15 bits per heavy atom. The molecule has 0 aliphatic heterocycles. The van der Waals surface area contributed by atoms with Crippen LogP contribution in [0.3, 0.4) is 0 Å². The van der Waals surface area contributed by atoms with Crippen molar-refractivity contribution < 1.29 is 4.79 Å². The highest BCUT2D eigenvalue weighted by Gasteiger charge is 2.08. The number of thiazole rings is 1. The van der Waals surface area contributed by atoms with Crippen molar-refractivity contribution in [2.45, 2.75) is 31.2 Å². The van der Waals surface area contributed by atoms with Crippen molar-refractivity contribution >= 4 is 62.4 Å². The zero-order valence-electron chi connectivity index (χ0n) is 14.2. The molecular formula is C19H18Cl2N2OS2. The van der Waals surface area contributed by atoms with Gasteiger partial charge in [0.2, 0.25) is 5.91 Å². The summed E-state index contributed by atoms with van der Waals surface area (Å²) in [7, 11) is 0. The van der Waals surface area contributed by atoms with E-state index in [1.54, 1.807) is 11.8 Å². The number of nitrogens with zero attached hydrogens (tertiary/aromatic N) is 2. The van der Waals surface area contributed by atoms with E-state index >= 15 is 0 Å². The molecule has 0 N–H and O–H groups in total. The van der Waals surface area contributed by atoms with Crippen molar-refractivity contribution in [3.63, 3.8) is 0 Å². The standard InChI is InChI=1S/C19H18Cl2N2OS2/c1-2-10-23-16-8-5-14(21)12-17(16)26-19(23)22-18(24)9-11-25-15-6-3-13(20)4-7-15/h3-8,12H,2,9-11H2,1H3. The number of halogens is 2. The lowest BCUT2D eigenvalue weighted by molar-refractivity contribution is -0.117. The largest absolute Gasteiger partial charge is 0.316 e. The molecule has 2 aromatic carbocycles. The summed E-state index contributed by atoms with van der Waals surface area (Å²) in [4.78, 5) is 18.5.